The molecule has 0 bridgehead atoms. The molecule has 1 aliphatic heterocycles. The van der Waals surface area contributed by atoms with Crippen LogP contribution >= 0.6 is 0 Å². The highest BCUT2D eigenvalue weighted by Gasteiger charge is 2.22. The Morgan fingerprint density at radius 2 is 2.09 bits per heavy atom. The van der Waals surface area contributed by atoms with E-state index in [0.717, 1.165) is 0 Å². The van der Waals surface area contributed by atoms with Crippen molar-refractivity contribution in [2.45, 2.75) is 57.2 Å². The first-order chi connectivity index (χ1) is 10.7. The van der Waals surface area contributed by atoms with E-state index in [1.807, 2.05) is 6.07 Å². The molecule has 0 amide bonds. The summed E-state index contributed by atoms with van der Waals surface area (Å²) >= 11 is 0. The van der Waals surface area contributed by atoms with Crippen LogP contribution in [0.4, 0.5) is 4.39 Å². The molecule has 2 nitrogen and oxygen atoms in total. The molecule has 0 atom stereocenters. The molecule has 1 heterocycles. The molecule has 0 unspecified atom stereocenters. The van der Waals surface area contributed by atoms with Crippen molar-refractivity contribution < 1.29 is 9.13 Å². The first kappa shape index (κ1) is 17.0. The quantitative estimate of drug-likeness (QED) is 0.529. The molecule has 1 aliphatic rings. The fraction of sp³-hybridized carbons (Fsp3) is 0.611. The van der Waals surface area contributed by atoms with Gasteiger partial charge in [-0.15, -0.1) is 0 Å². The van der Waals surface area contributed by atoms with Crippen molar-refractivity contribution in [3.63, 3.8) is 0 Å². The number of unbranched alkanes of at least 4 members (excludes halogenated alkanes) is 2. The van der Waals surface area contributed by atoms with Crippen LogP contribution in [0.1, 0.15) is 44.6 Å². The lowest BCUT2D eigenvalue weighted by atomic mass is 10.0. The molecule has 1 fully saturated rings. The Morgan fingerprint density at radius 3 is 2.73 bits per heavy atom. The van der Waals surface area contributed by atoms with E-state index in [1.54, 1.807) is 6.07 Å². The van der Waals surface area contributed by atoms with Crippen LogP contribution in [0.5, 0.6) is 5.75 Å². The van der Waals surface area contributed by atoms with E-state index in [4.69, 9.17) is 10.00 Å². The van der Waals surface area contributed by atoms with Gasteiger partial charge in [0.25, 0.3) is 0 Å². The number of hydrogen-bond acceptors (Lipinski definition) is 2. The number of halogens is 1. The van der Waals surface area contributed by atoms with Crippen LogP contribution in [-0.4, -0.2) is 15.4 Å². The van der Waals surface area contributed by atoms with E-state index >= 15 is 0 Å². The summed E-state index contributed by atoms with van der Waals surface area (Å²) in [5.41, 5.74) is 0.0749. The third kappa shape index (κ3) is 5.13. The molecule has 4 heteroatoms. The summed E-state index contributed by atoms with van der Waals surface area (Å²) in [7, 11) is -0.466. The molecule has 1 aromatic rings. The standard InChI is InChI=1S/C18H26FNOSi/c1-2-3-4-9-22-10-7-15(8-11-22)14-21-17-6-5-16(13-20)18(19)12-17/h5-6,12,15,22H,2-4,7-11,14H2,1H3/t15-,22-. The van der Waals surface area contributed by atoms with E-state index in [1.165, 1.54) is 62.4 Å². The zero-order valence-corrected chi connectivity index (χ0v) is 14.6. The Labute approximate surface area is 134 Å². The number of nitriles is 1. The molecule has 2 rings (SSSR count). The first-order valence-corrected chi connectivity index (χ1v) is 11.0. The molecule has 1 saturated heterocycles. The Balaban J connectivity index is 1.70. The topological polar surface area (TPSA) is 33.0 Å². The van der Waals surface area contributed by atoms with Crippen molar-refractivity contribution in [1.29, 1.82) is 5.26 Å². The molecule has 120 valence electrons. The Hall–Kier alpha value is -1.34. The van der Waals surface area contributed by atoms with Crippen LogP contribution < -0.4 is 4.74 Å². The summed E-state index contributed by atoms with van der Waals surface area (Å²) in [6, 6.07) is 10.7. The van der Waals surface area contributed by atoms with E-state index in [0.29, 0.717) is 18.3 Å². The monoisotopic (exact) mass is 319 g/mol. The number of rotatable bonds is 7. The van der Waals surface area contributed by atoms with Crippen LogP contribution in [0.15, 0.2) is 18.2 Å². The van der Waals surface area contributed by atoms with Crippen molar-refractivity contribution in [3.05, 3.63) is 29.6 Å². The van der Waals surface area contributed by atoms with Gasteiger partial charge in [-0.05, 0) is 30.9 Å². The van der Waals surface area contributed by atoms with E-state index in [-0.39, 0.29) is 5.56 Å². The molecular weight excluding hydrogens is 293 g/mol. The number of hydrogen-bond donors (Lipinski definition) is 0. The summed E-state index contributed by atoms with van der Waals surface area (Å²) in [5.74, 6) is 0.666. The fourth-order valence-corrected chi connectivity index (χ4v) is 6.88. The third-order valence-electron chi connectivity index (χ3n) is 4.73. The Kier molecular flexibility index (Phi) is 6.92. The molecule has 0 N–H and O–H groups in total. The Bertz CT molecular complexity index is 506. The third-order valence-corrected chi connectivity index (χ3v) is 8.25. The van der Waals surface area contributed by atoms with Gasteiger partial charge < -0.3 is 4.74 Å². The zero-order chi connectivity index (χ0) is 15.8. The van der Waals surface area contributed by atoms with Crippen molar-refractivity contribution >= 4 is 8.80 Å². The average Bonchev–Trinajstić information content (AvgIpc) is 2.54. The molecule has 0 aromatic heterocycles. The Morgan fingerprint density at radius 1 is 1.32 bits per heavy atom. The molecule has 0 saturated carbocycles. The smallest absolute Gasteiger partial charge is 0.144 e. The maximum Gasteiger partial charge on any atom is 0.144 e. The molecule has 0 spiro atoms. The highest BCUT2D eigenvalue weighted by Crippen LogP contribution is 2.29. The van der Waals surface area contributed by atoms with Gasteiger partial charge in [0.15, 0.2) is 0 Å². The number of ether oxygens (including phenoxy) is 1. The van der Waals surface area contributed by atoms with Crippen LogP contribution in [0.3, 0.4) is 0 Å². The molecule has 1 aromatic carbocycles. The first-order valence-electron chi connectivity index (χ1n) is 8.55. The maximum absolute atomic E-state index is 13.5. The van der Waals surface area contributed by atoms with Gasteiger partial charge in [0.2, 0.25) is 0 Å². The predicted octanol–water partition coefficient (Wildman–Crippen LogP) is 4.90. The molecule has 0 radical (unpaired) electrons. The highest BCUT2D eigenvalue weighted by atomic mass is 28.3. The van der Waals surface area contributed by atoms with Crippen molar-refractivity contribution in [3.8, 4) is 11.8 Å². The molecule has 0 aliphatic carbocycles. The molecular formula is C18H26FNOSi. The van der Waals surface area contributed by atoms with Gasteiger partial charge >= 0.3 is 0 Å². The van der Waals surface area contributed by atoms with Gasteiger partial charge in [-0.2, -0.15) is 5.26 Å². The minimum atomic E-state index is -0.493. The zero-order valence-electron chi connectivity index (χ0n) is 13.5. The van der Waals surface area contributed by atoms with Gasteiger partial charge in [0.1, 0.15) is 17.6 Å². The van der Waals surface area contributed by atoms with Gasteiger partial charge in [-0.1, -0.05) is 44.3 Å². The lowest BCUT2D eigenvalue weighted by Crippen LogP contribution is -2.24. The van der Waals surface area contributed by atoms with Crippen LogP contribution in [0.2, 0.25) is 18.1 Å². The summed E-state index contributed by atoms with van der Waals surface area (Å²) < 4.78 is 19.2. The SMILES string of the molecule is CCCCC[Si@H]1CC[C@H](COc2ccc(C#N)c(F)c2)CC1. The summed E-state index contributed by atoms with van der Waals surface area (Å²) in [5, 5.41) is 8.72. The average molecular weight is 319 g/mol. The van der Waals surface area contributed by atoms with Gasteiger partial charge in [0.05, 0.1) is 12.2 Å². The maximum atomic E-state index is 13.5. The number of nitrogens with zero attached hydrogens (tertiary/aromatic N) is 1. The van der Waals surface area contributed by atoms with Crippen molar-refractivity contribution in [2.24, 2.45) is 5.92 Å². The van der Waals surface area contributed by atoms with Gasteiger partial charge in [0, 0.05) is 14.9 Å². The second-order valence-electron chi connectivity index (χ2n) is 6.45. The van der Waals surface area contributed by atoms with Gasteiger partial charge in [-0.25, -0.2) is 4.39 Å². The minimum absolute atomic E-state index is 0.0749. The predicted molar refractivity (Wildman–Crippen MR) is 90.4 cm³/mol. The minimum Gasteiger partial charge on any atom is -0.493 e. The van der Waals surface area contributed by atoms with Crippen LogP contribution in [-0.2, 0) is 0 Å². The van der Waals surface area contributed by atoms with E-state index in [9.17, 15) is 4.39 Å². The fourth-order valence-electron chi connectivity index (χ4n) is 3.26. The lowest BCUT2D eigenvalue weighted by molar-refractivity contribution is 0.235. The van der Waals surface area contributed by atoms with Crippen molar-refractivity contribution in [2.75, 3.05) is 6.61 Å². The highest BCUT2D eigenvalue weighted by molar-refractivity contribution is 6.58. The van der Waals surface area contributed by atoms with Crippen LogP contribution in [0, 0.1) is 23.1 Å². The summed E-state index contributed by atoms with van der Waals surface area (Å²) in [6.07, 6.45) is 6.70. The molecule has 22 heavy (non-hydrogen) atoms. The normalized spacial score (nSPS) is 21.3. The second kappa shape index (κ2) is 8.95. The summed E-state index contributed by atoms with van der Waals surface area (Å²) in [4.78, 5) is 0. The van der Waals surface area contributed by atoms with Gasteiger partial charge in [-0.3, -0.25) is 0 Å². The van der Waals surface area contributed by atoms with Crippen molar-refractivity contribution in [1.82, 2.24) is 0 Å². The lowest BCUT2D eigenvalue weighted by Gasteiger charge is -2.27. The van der Waals surface area contributed by atoms with E-state index < -0.39 is 14.6 Å². The largest absolute Gasteiger partial charge is 0.493 e. The second-order valence-corrected chi connectivity index (χ2v) is 9.91. The number of benzene rings is 1. The van der Waals surface area contributed by atoms with E-state index in [2.05, 4.69) is 6.92 Å². The van der Waals surface area contributed by atoms with Crippen LogP contribution in [0.25, 0.3) is 0 Å². The summed E-state index contributed by atoms with van der Waals surface area (Å²) in [6.45, 7) is 2.95.